The van der Waals surface area contributed by atoms with Crippen molar-refractivity contribution >= 4 is 89.5 Å². The number of hydrogen-bond donors (Lipinski definition) is 0. The molecule has 0 saturated carbocycles. The number of hydrogen-bond acceptors (Lipinski definition) is 5. The Labute approximate surface area is 387 Å². The molecule has 0 fully saturated rings. The Morgan fingerprint density at radius 3 is 1.01 bits per heavy atom. The van der Waals surface area contributed by atoms with Crippen LogP contribution in [0.4, 0.5) is 0 Å². The van der Waals surface area contributed by atoms with Crippen LogP contribution in [-0.2, 0) is 9.13 Å². The van der Waals surface area contributed by atoms with E-state index >= 15 is 9.13 Å². The molecule has 0 atom stereocenters. The van der Waals surface area contributed by atoms with E-state index in [9.17, 15) is 0 Å². The SMILES string of the molecule is O=P(c1ccccc1)(c1ccccc1)c1ccc2c(c1)c1cc(P(=O)(c3ccccc3)c3ccccc3)ccc1n2-c1nc(-c2ccc3ccccc3c2)nc(-c2ccc3ccccc3c2)n1. The van der Waals surface area contributed by atoms with Gasteiger partial charge < -0.3 is 9.13 Å². The number of nitrogens with zero attached hydrogens (tertiary/aromatic N) is 4. The maximum Gasteiger partial charge on any atom is 0.238 e. The van der Waals surface area contributed by atoms with Crippen molar-refractivity contribution in [3.8, 4) is 28.7 Å². The zero-order valence-electron chi connectivity index (χ0n) is 36.1. The second-order valence-corrected chi connectivity index (χ2v) is 22.2. The molecule has 12 aromatic rings. The highest BCUT2D eigenvalue weighted by molar-refractivity contribution is 7.85. The van der Waals surface area contributed by atoms with Gasteiger partial charge in [-0.3, -0.25) is 4.57 Å². The lowest BCUT2D eigenvalue weighted by molar-refractivity contribution is 0.591. The normalized spacial score (nSPS) is 12.0. The highest BCUT2D eigenvalue weighted by Crippen LogP contribution is 2.46. The van der Waals surface area contributed by atoms with Crippen LogP contribution in [0.5, 0.6) is 0 Å². The van der Waals surface area contributed by atoms with Crippen molar-refractivity contribution in [2.45, 2.75) is 0 Å². The molecule has 12 rings (SSSR count). The van der Waals surface area contributed by atoms with Crippen molar-refractivity contribution in [2.75, 3.05) is 0 Å². The van der Waals surface area contributed by atoms with Crippen molar-refractivity contribution in [2.24, 2.45) is 0 Å². The molecule has 8 heteroatoms. The highest BCUT2D eigenvalue weighted by Gasteiger charge is 2.33. The van der Waals surface area contributed by atoms with Gasteiger partial charge in [0.05, 0.1) is 11.0 Å². The third-order valence-corrected chi connectivity index (χ3v) is 18.9. The second kappa shape index (κ2) is 16.5. The van der Waals surface area contributed by atoms with E-state index in [1.807, 2.05) is 170 Å². The highest BCUT2D eigenvalue weighted by atomic mass is 31.2. The van der Waals surface area contributed by atoms with Crippen LogP contribution in [0, 0.1) is 0 Å². The lowest BCUT2D eigenvalue weighted by Gasteiger charge is -2.20. The van der Waals surface area contributed by atoms with Crippen molar-refractivity contribution < 1.29 is 9.13 Å². The van der Waals surface area contributed by atoms with Crippen LogP contribution in [0.2, 0.25) is 0 Å². The summed E-state index contributed by atoms with van der Waals surface area (Å²) in [6, 6.07) is 80.1. The first-order chi connectivity index (χ1) is 32.9. The fourth-order valence-electron chi connectivity index (χ4n) is 9.43. The van der Waals surface area contributed by atoms with Crippen LogP contribution >= 0.6 is 14.3 Å². The van der Waals surface area contributed by atoms with Crippen molar-refractivity contribution in [3.63, 3.8) is 0 Å². The molecule has 0 unspecified atom stereocenters. The Bertz CT molecular complexity index is 3600. The van der Waals surface area contributed by atoms with E-state index in [1.54, 1.807) is 0 Å². The van der Waals surface area contributed by atoms with Gasteiger partial charge in [0.2, 0.25) is 5.95 Å². The molecule has 0 N–H and O–H groups in total. The Kier molecular flexibility index (Phi) is 9.94. The molecule has 0 aliphatic rings. The zero-order chi connectivity index (χ0) is 45.0. The van der Waals surface area contributed by atoms with E-state index in [2.05, 4.69) is 77.4 Å². The van der Waals surface area contributed by atoms with Crippen LogP contribution in [0.1, 0.15) is 0 Å². The Morgan fingerprint density at radius 2 is 0.642 bits per heavy atom. The monoisotopic (exact) mass is 898 g/mol. The largest absolute Gasteiger partial charge is 0.309 e. The van der Waals surface area contributed by atoms with Gasteiger partial charge in [0, 0.05) is 53.7 Å². The van der Waals surface area contributed by atoms with Gasteiger partial charge in [0.15, 0.2) is 25.9 Å². The Morgan fingerprint density at radius 1 is 0.299 bits per heavy atom. The zero-order valence-corrected chi connectivity index (χ0v) is 37.9. The van der Waals surface area contributed by atoms with Crippen molar-refractivity contribution in [3.05, 3.63) is 243 Å². The van der Waals surface area contributed by atoms with Gasteiger partial charge in [-0.25, -0.2) is 4.98 Å². The number of benzene rings is 10. The van der Waals surface area contributed by atoms with Gasteiger partial charge in [-0.2, -0.15) is 9.97 Å². The molecule has 2 heterocycles. The fraction of sp³-hybridized carbons (Fsp3) is 0. The summed E-state index contributed by atoms with van der Waals surface area (Å²) >= 11 is 0. The van der Waals surface area contributed by atoms with E-state index in [0.29, 0.717) is 28.2 Å². The van der Waals surface area contributed by atoms with Crippen LogP contribution < -0.4 is 31.8 Å². The summed E-state index contributed by atoms with van der Waals surface area (Å²) in [5.41, 5.74) is 3.32. The molecular weight excluding hydrogens is 859 g/mol. The maximum absolute atomic E-state index is 16.0. The second-order valence-electron chi connectivity index (χ2n) is 16.7. The fourth-order valence-corrected chi connectivity index (χ4v) is 14.8. The molecule has 0 radical (unpaired) electrons. The molecule has 10 aromatic carbocycles. The summed E-state index contributed by atoms with van der Waals surface area (Å²) in [6.07, 6.45) is 0. The topological polar surface area (TPSA) is 77.7 Å². The smallest absolute Gasteiger partial charge is 0.238 e. The summed E-state index contributed by atoms with van der Waals surface area (Å²) in [6.45, 7) is 0. The molecular formula is C59H40N4O2P2. The van der Waals surface area contributed by atoms with Crippen molar-refractivity contribution in [1.82, 2.24) is 19.5 Å². The summed E-state index contributed by atoms with van der Waals surface area (Å²) in [4.78, 5) is 15.8. The van der Waals surface area contributed by atoms with Crippen LogP contribution in [0.25, 0.3) is 72.1 Å². The minimum Gasteiger partial charge on any atom is -0.309 e. The van der Waals surface area contributed by atoms with Crippen molar-refractivity contribution in [1.29, 1.82) is 0 Å². The van der Waals surface area contributed by atoms with E-state index in [0.717, 1.165) is 75.7 Å². The molecule has 0 aliphatic carbocycles. The molecule has 6 nitrogen and oxygen atoms in total. The first-order valence-corrected chi connectivity index (χ1v) is 25.6. The van der Waals surface area contributed by atoms with E-state index < -0.39 is 14.3 Å². The Hall–Kier alpha value is -8.01. The quantitative estimate of drug-likeness (QED) is 0.135. The van der Waals surface area contributed by atoms with Gasteiger partial charge >= 0.3 is 0 Å². The van der Waals surface area contributed by atoms with E-state index in [-0.39, 0.29) is 0 Å². The third kappa shape index (κ3) is 6.93. The minimum absolute atomic E-state index is 0.422. The average Bonchev–Trinajstić information content (AvgIpc) is 3.74. The summed E-state index contributed by atoms with van der Waals surface area (Å²) in [5.74, 6) is 1.47. The molecule has 318 valence electrons. The standard InChI is InChI=1S/C59H40N4O2P2/c64-66(47-21-5-1-6-22-47,48-23-7-2-8-24-48)51-33-35-55-53(39-51)54-40-52(67(65,49-25-9-3-10-26-49)50-27-11-4-12-28-50)34-36-56(54)63(55)59-61-57(45-31-29-41-17-13-15-19-43(41)37-45)60-58(62-59)46-32-30-42-18-14-16-20-44(42)38-46/h1-40H. The molecule has 2 aromatic heterocycles. The predicted octanol–water partition coefficient (Wildman–Crippen LogP) is 11.9. The molecule has 0 aliphatic heterocycles. The number of aromatic nitrogens is 4. The lowest BCUT2D eigenvalue weighted by atomic mass is 10.1. The molecule has 0 bridgehead atoms. The number of fused-ring (bicyclic) bond motifs is 5. The van der Waals surface area contributed by atoms with E-state index in [4.69, 9.17) is 15.0 Å². The Balaban J connectivity index is 1.16. The van der Waals surface area contributed by atoms with Gasteiger partial charge in [0.25, 0.3) is 0 Å². The summed E-state index contributed by atoms with van der Waals surface area (Å²) < 4.78 is 34.0. The first-order valence-electron chi connectivity index (χ1n) is 22.2. The lowest BCUT2D eigenvalue weighted by Crippen LogP contribution is -2.25. The van der Waals surface area contributed by atoms with Gasteiger partial charge in [-0.15, -0.1) is 0 Å². The summed E-state index contributed by atoms with van der Waals surface area (Å²) in [7, 11) is -6.81. The van der Waals surface area contributed by atoms with Crippen LogP contribution in [-0.4, -0.2) is 19.5 Å². The average molecular weight is 899 g/mol. The minimum atomic E-state index is -3.40. The first kappa shape index (κ1) is 40.5. The van der Waals surface area contributed by atoms with Crippen LogP contribution in [0.15, 0.2) is 243 Å². The van der Waals surface area contributed by atoms with Gasteiger partial charge in [-0.1, -0.05) is 194 Å². The van der Waals surface area contributed by atoms with Gasteiger partial charge in [-0.05, 0) is 70.1 Å². The predicted molar refractivity (Wildman–Crippen MR) is 279 cm³/mol. The van der Waals surface area contributed by atoms with Crippen LogP contribution in [0.3, 0.4) is 0 Å². The molecule has 67 heavy (non-hydrogen) atoms. The number of rotatable bonds is 9. The molecule has 0 saturated heterocycles. The van der Waals surface area contributed by atoms with Gasteiger partial charge in [0.1, 0.15) is 0 Å². The summed E-state index contributed by atoms with van der Waals surface area (Å²) in [5, 5.41) is 10.4. The maximum atomic E-state index is 16.0. The third-order valence-electron chi connectivity index (χ3n) is 12.8. The molecule has 0 amide bonds. The molecule has 0 spiro atoms. The van der Waals surface area contributed by atoms with E-state index in [1.165, 1.54) is 0 Å².